The van der Waals surface area contributed by atoms with Crippen molar-refractivity contribution >= 4 is 29.3 Å². The van der Waals surface area contributed by atoms with E-state index in [0.29, 0.717) is 37.1 Å². The maximum absolute atomic E-state index is 5.62. The highest BCUT2D eigenvalue weighted by molar-refractivity contribution is 6.00. The van der Waals surface area contributed by atoms with Gasteiger partial charge in [0.2, 0.25) is 12.7 Å². The largest absolute Gasteiger partial charge is 0.486 e. The van der Waals surface area contributed by atoms with Gasteiger partial charge in [0.15, 0.2) is 23.0 Å². The number of hydrogen-bond donors (Lipinski definition) is 2. The Kier molecular flexibility index (Phi) is 7.16. The molecule has 0 amide bonds. The van der Waals surface area contributed by atoms with Crippen LogP contribution >= 0.6 is 0 Å². The topological polar surface area (TPSA) is 98.2 Å². The molecule has 37 heavy (non-hydrogen) atoms. The fourth-order valence-electron chi connectivity index (χ4n) is 3.91. The molecule has 2 aliphatic heterocycles. The minimum atomic E-state index is 0.250. The van der Waals surface area contributed by atoms with E-state index in [-0.39, 0.29) is 6.79 Å². The summed E-state index contributed by atoms with van der Waals surface area (Å²) in [6.07, 6.45) is 1.50. The Morgan fingerprint density at radius 1 is 0.919 bits per heavy atom. The third-order valence-corrected chi connectivity index (χ3v) is 5.83. The van der Waals surface area contributed by atoms with Gasteiger partial charge in [-0.2, -0.15) is 0 Å². The molecule has 0 saturated carbocycles. The maximum Gasteiger partial charge on any atom is 0.240 e. The molecule has 0 aliphatic carbocycles. The Morgan fingerprint density at radius 2 is 1.68 bits per heavy atom. The molecule has 0 spiro atoms. The predicted octanol–water partition coefficient (Wildman–Crippen LogP) is 4.12. The molecule has 5 rings (SSSR count). The molecule has 0 unspecified atom stereocenters. The molecule has 10 heteroatoms. The Balaban J connectivity index is 1.32. The average Bonchev–Trinajstić information content (AvgIpc) is 3.40. The van der Waals surface area contributed by atoms with Gasteiger partial charge < -0.3 is 33.9 Å². The Hall–Kier alpha value is -4.60. The smallest absolute Gasteiger partial charge is 0.240 e. The van der Waals surface area contributed by atoms with E-state index in [1.54, 1.807) is 7.11 Å². The molecule has 2 aliphatic rings. The summed E-state index contributed by atoms with van der Waals surface area (Å²) in [5.74, 6) is 3.33. The normalized spacial score (nSPS) is 14.0. The van der Waals surface area contributed by atoms with E-state index < -0.39 is 0 Å². The van der Waals surface area contributed by atoms with Crippen LogP contribution in [-0.2, 0) is 11.3 Å². The van der Waals surface area contributed by atoms with Crippen molar-refractivity contribution in [2.24, 2.45) is 10.1 Å². The lowest BCUT2D eigenvalue weighted by atomic mass is 10.1. The fourth-order valence-corrected chi connectivity index (χ4v) is 3.91. The summed E-state index contributed by atoms with van der Waals surface area (Å²) in [7, 11) is 5.58. The summed E-state index contributed by atoms with van der Waals surface area (Å²) < 4.78 is 27.7. The van der Waals surface area contributed by atoms with Crippen LogP contribution in [0.1, 0.15) is 11.1 Å². The molecule has 2 N–H and O–H groups in total. The number of ether oxygens (including phenoxy) is 5. The van der Waals surface area contributed by atoms with E-state index in [2.05, 4.69) is 26.9 Å². The predicted molar refractivity (Wildman–Crippen MR) is 143 cm³/mol. The Bertz CT molecular complexity index is 1320. The molecule has 0 bridgehead atoms. The number of rotatable bonds is 8. The second-order valence-corrected chi connectivity index (χ2v) is 8.50. The molecule has 0 saturated heterocycles. The van der Waals surface area contributed by atoms with Crippen LogP contribution in [0.4, 0.5) is 17.1 Å². The van der Waals surface area contributed by atoms with Gasteiger partial charge in [-0.15, -0.1) is 5.10 Å². The van der Waals surface area contributed by atoms with Crippen LogP contribution < -0.4 is 34.6 Å². The van der Waals surface area contributed by atoms with Gasteiger partial charge in [-0.25, -0.2) is 4.99 Å². The highest BCUT2D eigenvalue weighted by Gasteiger charge is 2.15. The van der Waals surface area contributed by atoms with E-state index in [1.165, 1.54) is 6.34 Å². The van der Waals surface area contributed by atoms with Gasteiger partial charge in [0.1, 0.15) is 19.6 Å². The van der Waals surface area contributed by atoms with Crippen LogP contribution in [-0.4, -0.2) is 53.4 Å². The SMILES string of the molecule is CO/C(=N\NC=Nc1ccc2c(c1)OCCO2)c1ccc(N(C)C)cc1NCc1ccc2c(c1)OCO2. The molecule has 10 nitrogen and oxygen atoms in total. The number of benzene rings is 3. The molecule has 0 fully saturated rings. The lowest BCUT2D eigenvalue weighted by Gasteiger charge is -2.18. The molecule has 3 aromatic rings. The first-order valence-electron chi connectivity index (χ1n) is 11.8. The van der Waals surface area contributed by atoms with Crippen molar-refractivity contribution < 1.29 is 23.7 Å². The lowest BCUT2D eigenvalue weighted by Crippen LogP contribution is -2.16. The Labute approximate surface area is 215 Å². The Morgan fingerprint density at radius 3 is 2.51 bits per heavy atom. The minimum absolute atomic E-state index is 0.250. The molecule has 0 atom stereocenters. The van der Waals surface area contributed by atoms with Gasteiger partial charge in [0, 0.05) is 38.1 Å². The number of fused-ring (bicyclic) bond motifs is 2. The molecular formula is C27H29N5O5. The average molecular weight is 504 g/mol. The summed E-state index contributed by atoms with van der Waals surface area (Å²) in [5.41, 5.74) is 7.35. The van der Waals surface area contributed by atoms with E-state index >= 15 is 0 Å². The monoisotopic (exact) mass is 503 g/mol. The fraction of sp³-hybridized carbons (Fsp3) is 0.259. The van der Waals surface area contributed by atoms with E-state index in [1.807, 2.05) is 67.5 Å². The lowest BCUT2D eigenvalue weighted by molar-refractivity contribution is 0.171. The van der Waals surface area contributed by atoms with E-state index in [0.717, 1.165) is 39.8 Å². The van der Waals surface area contributed by atoms with Crippen molar-refractivity contribution in [1.82, 2.24) is 5.43 Å². The van der Waals surface area contributed by atoms with Gasteiger partial charge in [-0.3, -0.25) is 5.43 Å². The van der Waals surface area contributed by atoms with Crippen LogP contribution in [0.25, 0.3) is 0 Å². The highest BCUT2D eigenvalue weighted by atomic mass is 16.7. The van der Waals surface area contributed by atoms with Gasteiger partial charge >= 0.3 is 0 Å². The number of nitrogens with zero attached hydrogens (tertiary/aromatic N) is 3. The molecule has 2 heterocycles. The van der Waals surface area contributed by atoms with Crippen molar-refractivity contribution in [3.63, 3.8) is 0 Å². The van der Waals surface area contributed by atoms with Crippen LogP contribution in [0.3, 0.4) is 0 Å². The molecule has 0 radical (unpaired) electrons. The first-order chi connectivity index (χ1) is 18.1. The molecular weight excluding hydrogens is 474 g/mol. The van der Waals surface area contributed by atoms with Gasteiger partial charge in [0.25, 0.3) is 0 Å². The van der Waals surface area contributed by atoms with Gasteiger partial charge in [-0.1, -0.05) is 6.07 Å². The van der Waals surface area contributed by atoms with Gasteiger partial charge in [0.05, 0.1) is 18.4 Å². The number of aliphatic imine (C=N–C) groups is 1. The summed E-state index contributed by atoms with van der Waals surface area (Å²) >= 11 is 0. The van der Waals surface area contributed by atoms with E-state index in [9.17, 15) is 0 Å². The van der Waals surface area contributed by atoms with Crippen molar-refractivity contribution in [3.8, 4) is 23.0 Å². The van der Waals surface area contributed by atoms with Gasteiger partial charge in [-0.05, 0) is 48.0 Å². The third kappa shape index (κ3) is 5.64. The van der Waals surface area contributed by atoms with Crippen molar-refractivity contribution in [2.45, 2.75) is 6.54 Å². The quantitative estimate of drug-likeness (QED) is 0.269. The third-order valence-electron chi connectivity index (χ3n) is 5.83. The van der Waals surface area contributed by atoms with E-state index in [4.69, 9.17) is 23.7 Å². The summed E-state index contributed by atoms with van der Waals surface area (Å²) in [6, 6.07) is 17.5. The van der Waals surface area contributed by atoms with Crippen molar-refractivity contribution in [1.29, 1.82) is 0 Å². The summed E-state index contributed by atoms with van der Waals surface area (Å²) in [5, 5.41) is 7.91. The van der Waals surface area contributed by atoms with Crippen LogP contribution in [0.15, 0.2) is 64.7 Å². The summed E-state index contributed by atoms with van der Waals surface area (Å²) in [6.45, 7) is 1.91. The maximum atomic E-state index is 5.62. The first kappa shape index (κ1) is 24.1. The zero-order chi connectivity index (χ0) is 25.6. The van der Waals surface area contributed by atoms with Crippen molar-refractivity contribution in [3.05, 3.63) is 65.7 Å². The summed E-state index contributed by atoms with van der Waals surface area (Å²) in [4.78, 5) is 6.44. The molecule has 0 aromatic heterocycles. The number of nitrogens with one attached hydrogen (secondary N) is 2. The number of methoxy groups -OCH3 is 1. The first-order valence-corrected chi connectivity index (χ1v) is 11.8. The van der Waals surface area contributed by atoms with Crippen LogP contribution in [0.2, 0.25) is 0 Å². The number of hydrazone groups is 1. The minimum Gasteiger partial charge on any atom is -0.486 e. The highest BCUT2D eigenvalue weighted by Crippen LogP contribution is 2.34. The number of hydrogen-bond acceptors (Lipinski definition) is 9. The molecule has 3 aromatic carbocycles. The van der Waals surface area contributed by atoms with Crippen LogP contribution in [0, 0.1) is 0 Å². The molecule has 192 valence electrons. The van der Waals surface area contributed by atoms with Crippen molar-refractivity contribution in [2.75, 3.05) is 51.4 Å². The second-order valence-electron chi connectivity index (χ2n) is 8.50. The standard InChI is InChI=1S/C27H29N5O5/c1-32(2)20-6-7-21(22(14-20)28-15-18-4-8-24-25(12-18)37-17-36-24)27(33-3)31-30-16-29-19-5-9-23-26(13-19)35-11-10-34-23/h4-9,12-14,16,28H,10-11,15,17H2,1-3H3,(H,29,30)/b31-27-. The zero-order valence-corrected chi connectivity index (χ0v) is 21.0. The number of anilines is 2. The zero-order valence-electron chi connectivity index (χ0n) is 21.0. The van der Waals surface area contributed by atoms with Crippen LogP contribution in [0.5, 0.6) is 23.0 Å². The second kappa shape index (κ2) is 11.0.